The molecule has 1 aromatic rings. The number of aliphatic hydroxyl groups excluding tert-OH is 1. The highest BCUT2D eigenvalue weighted by atomic mass is 28.3. The molecule has 0 heterocycles. The van der Waals surface area contributed by atoms with Crippen molar-refractivity contribution in [3.63, 3.8) is 0 Å². The number of carbonyl (C=O) groups excluding carboxylic acids is 2. The van der Waals surface area contributed by atoms with Gasteiger partial charge in [0, 0.05) is 8.07 Å². The van der Waals surface area contributed by atoms with Crippen molar-refractivity contribution in [2.45, 2.75) is 83.1 Å². The highest BCUT2D eigenvalue weighted by Gasteiger charge is 2.35. The van der Waals surface area contributed by atoms with Crippen molar-refractivity contribution in [3.8, 4) is 0 Å². The van der Waals surface area contributed by atoms with Crippen LogP contribution in [0.3, 0.4) is 0 Å². The van der Waals surface area contributed by atoms with Crippen LogP contribution in [-0.2, 0) is 20.7 Å². The number of rotatable bonds is 10. The number of aliphatic hydroxyl groups is 1. The second-order valence-corrected chi connectivity index (χ2v) is 14.8. The highest BCUT2D eigenvalue weighted by Crippen LogP contribution is 2.21. The first-order chi connectivity index (χ1) is 12.9. The van der Waals surface area contributed by atoms with Crippen LogP contribution in [0, 0.1) is 0 Å². The number of alkyl carbamates (subject to hydrolysis) is 1. The van der Waals surface area contributed by atoms with Crippen LogP contribution >= 0.6 is 0 Å². The standard InChI is InChI=1S/C21H34NO5Si/c1-21(2,3)27-20(25)22-19(18(26-15-23)14-28(4,5)6)17(24)13-12-16-10-8-7-9-11-16/h7-11,17-19,24H,12-14H2,1-6H3,(H,22,25). The van der Waals surface area contributed by atoms with Gasteiger partial charge in [0.05, 0.1) is 12.1 Å². The maximum Gasteiger partial charge on any atom is 0.417 e. The van der Waals surface area contributed by atoms with E-state index in [4.69, 9.17) is 9.47 Å². The maximum atomic E-state index is 12.3. The van der Waals surface area contributed by atoms with Crippen molar-refractivity contribution >= 4 is 20.6 Å². The molecule has 0 aliphatic rings. The van der Waals surface area contributed by atoms with Gasteiger partial charge in [-0.3, -0.25) is 0 Å². The highest BCUT2D eigenvalue weighted by molar-refractivity contribution is 6.76. The Morgan fingerprint density at radius 2 is 1.82 bits per heavy atom. The molecular weight excluding hydrogens is 374 g/mol. The Morgan fingerprint density at radius 1 is 1.21 bits per heavy atom. The lowest BCUT2D eigenvalue weighted by molar-refractivity contribution is 0.0195. The van der Waals surface area contributed by atoms with E-state index in [2.05, 4.69) is 25.0 Å². The molecule has 0 bridgehead atoms. The van der Waals surface area contributed by atoms with Gasteiger partial charge in [0.2, 0.25) is 0 Å². The van der Waals surface area contributed by atoms with Crippen molar-refractivity contribution in [3.05, 3.63) is 35.9 Å². The topological polar surface area (TPSA) is 84.9 Å². The zero-order valence-electron chi connectivity index (χ0n) is 17.8. The number of ether oxygens (including phenoxy) is 2. The first-order valence-corrected chi connectivity index (χ1v) is 13.4. The molecule has 6 nitrogen and oxygen atoms in total. The lowest BCUT2D eigenvalue weighted by Gasteiger charge is -2.34. The van der Waals surface area contributed by atoms with Gasteiger partial charge in [-0.2, -0.15) is 0 Å². The lowest BCUT2D eigenvalue weighted by Crippen LogP contribution is -2.54. The molecule has 1 aromatic carbocycles. The second kappa shape index (κ2) is 10.6. The molecule has 157 valence electrons. The molecule has 28 heavy (non-hydrogen) atoms. The number of benzene rings is 1. The monoisotopic (exact) mass is 408 g/mol. The molecule has 3 unspecified atom stereocenters. The molecule has 2 N–H and O–H groups in total. The van der Waals surface area contributed by atoms with Gasteiger partial charge in [0.25, 0.3) is 0 Å². The molecule has 0 spiro atoms. The largest absolute Gasteiger partial charge is 0.452 e. The van der Waals surface area contributed by atoms with Gasteiger partial charge < -0.3 is 19.9 Å². The summed E-state index contributed by atoms with van der Waals surface area (Å²) in [5, 5.41) is 13.6. The molecule has 0 fully saturated rings. The maximum absolute atomic E-state index is 12.3. The van der Waals surface area contributed by atoms with Gasteiger partial charge in [-0.15, -0.1) is 0 Å². The molecule has 1 amide bonds. The Morgan fingerprint density at radius 3 is 2.32 bits per heavy atom. The average molecular weight is 409 g/mol. The number of nitrogens with one attached hydrogen (secondary N) is 1. The minimum Gasteiger partial charge on any atom is -0.452 e. The van der Waals surface area contributed by atoms with E-state index in [9.17, 15) is 14.7 Å². The van der Waals surface area contributed by atoms with Gasteiger partial charge in [0.1, 0.15) is 11.7 Å². The van der Waals surface area contributed by atoms with E-state index in [-0.39, 0.29) is 0 Å². The number of carbonyl (C=O) groups is 1. The van der Waals surface area contributed by atoms with E-state index < -0.39 is 38.0 Å². The zero-order chi connectivity index (χ0) is 21.4. The molecule has 1 radical (unpaired) electrons. The Balaban J connectivity index is 2.95. The Labute approximate surface area is 169 Å². The van der Waals surface area contributed by atoms with E-state index in [0.717, 1.165) is 5.56 Å². The first kappa shape index (κ1) is 24.2. The molecule has 1 rings (SSSR count). The molecule has 0 aliphatic heterocycles. The summed E-state index contributed by atoms with van der Waals surface area (Å²) in [7, 11) is -1.66. The average Bonchev–Trinajstić information content (AvgIpc) is 2.55. The van der Waals surface area contributed by atoms with Crippen molar-refractivity contribution in [2.24, 2.45) is 0 Å². The van der Waals surface area contributed by atoms with Crippen molar-refractivity contribution in [1.29, 1.82) is 0 Å². The fraction of sp³-hybridized carbons (Fsp3) is 0.619. The minimum atomic E-state index is -1.66. The number of hydrogen-bond donors (Lipinski definition) is 2. The molecular formula is C21H34NO5Si. The van der Waals surface area contributed by atoms with Crippen molar-refractivity contribution in [2.75, 3.05) is 0 Å². The minimum absolute atomic E-state index is 0.412. The van der Waals surface area contributed by atoms with Crippen molar-refractivity contribution in [1.82, 2.24) is 5.32 Å². The van der Waals surface area contributed by atoms with Gasteiger partial charge in [0.15, 0.2) is 0 Å². The third kappa shape index (κ3) is 9.89. The Kier molecular flexibility index (Phi) is 9.17. The summed E-state index contributed by atoms with van der Waals surface area (Å²) in [5.74, 6) is 0. The fourth-order valence-corrected chi connectivity index (χ4v) is 4.47. The van der Waals surface area contributed by atoms with E-state index in [1.165, 1.54) is 6.47 Å². The smallest absolute Gasteiger partial charge is 0.417 e. The summed E-state index contributed by atoms with van der Waals surface area (Å²) in [5.41, 5.74) is 0.414. The van der Waals surface area contributed by atoms with Gasteiger partial charge in [-0.25, -0.2) is 9.59 Å². The Bertz CT molecular complexity index is 609. The third-order valence-corrected chi connectivity index (χ3v) is 5.71. The third-order valence-electron chi connectivity index (χ3n) is 4.08. The van der Waals surface area contributed by atoms with Crippen LogP contribution in [0.4, 0.5) is 4.79 Å². The summed E-state index contributed by atoms with van der Waals surface area (Å²) < 4.78 is 10.5. The Hall–Kier alpha value is -1.86. The van der Waals surface area contributed by atoms with Crippen LogP contribution < -0.4 is 5.32 Å². The van der Waals surface area contributed by atoms with Crippen LogP contribution in [0.15, 0.2) is 30.3 Å². The fourth-order valence-electron chi connectivity index (χ4n) is 2.93. The van der Waals surface area contributed by atoms with Crippen LogP contribution in [0.5, 0.6) is 0 Å². The summed E-state index contributed by atoms with van der Waals surface area (Å²) in [6.07, 6.45) is -1.16. The molecule has 3 atom stereocenters. The molecule has 0 saturated carbocycles. The van der Waals surface area contributed by atoms with Gasteiger partial charge in [-0.05, 0) is 45.2 Å². The zero-order valence-corrected chi connectivity index (χ0v) is 18.8. The van der Waals surface area contributed by atoms with Crippen LogP contribution in [0.2, 0.25) is 25.7 Å². The van der Waals surface area contributed by atoms with Gasteiger partial charge in [-0.1, -0.05) is 50.0 Å². The van der Waals surface area contributed by atoms with E-state index in [0.29, 0.717) is 18.9 Å². The SMILES string of the molecule is CC(C)(C)OC(=O)NC(C(O)CCc1ccccc1)C(C[Si](C)(C)C)O[C]=O. The van der Waals surface area contributed by atoms with E-state index >= 15 is 0 Å². The van der Waals surface area contributed by atoms with Crippen LogP contribution in [0.25, 0.3) is 0 Å². The van der Waals surface area contributed by atoms with Crippen LogP contribution in [-0.4, -0.2) is 49.6 Å². The quantitative estimate of drug-likeness (QED) is 0.577. The molecule has 0 aromatic heterocycles. The first-order valence-electron chi connectivity index (χ1n) is 9.65. The van der Waals surface area contributed by atoms with Crippen LogP contribution in [0.1, 0.15) is 32.8 Å². The number of aryl methyl sites for hydroxylation is 1. The lowest BCUT2D eigenvalue weighted by atomic mass is 9.98. The summed E-state index contributed by atoms with van der Waals surface area (Å²) >= 11 is 0. The predicted octanol–water partition coefficient (Wildman–Crippen LogP) is 3.66. The van der Waals surface area contributed by atoms with Gasteiger partial charge >= 0.3 is 12.6 Å². The van der Waals surface area contributed by atoms with E-state index in [1.54, 1.807) is 20.8 Å². The number of amides is 1. The van der Waals surface area contributed by atoms with E-state index in [1.807, 2.05) is 30.3 Å². The summed E-state index contributed by atoms with van der Waals surface area (Å²) in [4.78, 5) is 23.3. The molecule has 7 heteroatoms. The normalized spacial score (nSPS) is 15.2. The second-order valence-electron chi connectivity index (χ2n) is 9.27. The predicted molar refractivity (Wildman–Crippen MR) is 113 cm³/mol. The molecule has 0 saturated heterocycles. The van der Waals surface area contributed by atoms with Crippen molar-refractivity contribution < 1.29 is 24.2 Å². The number of hydrogen-bond acceptors (Lipinski definition) is 5. The summed E-state index contributed by atoms with van der Waals surface area (Å²) in [6.45, 7) is 13.2. The molecule has 0 aliphatic carbocycles. The summed E-state index contributed by atoms with van der Waals surface area (Å²) in [6, 6.07) is 9.60.